The van der Waals surface area contributed by atoms with Crippen LogP contribution >= 0.6 is 0 Å². The van der Waals surface area contributed by atoms with Crippen LogP contribution < -0.4 is 9.64 Å². The predicted molar refractivity (Wildman–Crippen MR) is 170 cm³/mol. The largest absolute Gasteiger partial charge is 0.489 e. The maximum Gasteiger partial charge on any atom is 0.416 e. The van der Waals surface area contributed by atoms with Gasteiger partial charge >= 0.3 is 12.1 Å². The molecule has 0 unspecified atom stereocenters. The van der Waals surface area contributed by atoms with Crippen molar-refractivity contribution in [2.45, 2.75) is 92.7 Å². The minimum absolute atomic E-state index is 0.108. The molecule has 1 aliphatic rings. The second kappa shape index (κ2) is 13.4. The zero-order valence-corrected chi connectivity index (χ0v) is 27.6. The van der Waals surface area contributed by atoms with Crippen molar-refractivity contribution < 1.29 is 32.2 Å². The number of halogens is 3. The molecule has 2 heterocycles. The molecule has 9 heteroatoms. The zero-order chi connectivity index (χ0) is 33.2. The highest BCUT2D eigenvalue weighted by atomic mass is 19.4. The van der Waals surface area contributed by atoms with E-state index in [1.807, 2.05) is 58.9 Å². The van der Waals surface area contributed by atoms with Crippen molar-refractivity contribution in [3.8, 4) is 16.9 Å². The Kier molecular flexibility index (Phi) is 10.2. The van der Waals surface area contributed by atoms with Crippen LogP contribution in [0.15, 0.2) is 48.5 Å². The molecule has 4 rings (SSSR count). The van der Waals surface area contributed by atoms with Gasteiger partial charge in [-0.05, 0) is 89.1 Å². The first-order valence-corrected chi connectivity index (χ1v) is 15.5. The third-order valence-corrected chi connectivity index (χ3v) is 8.06. The van der Waals surface area contributed by atoms with Gasteiger partial charge in [0.2, 0.25) is 0 Å². The Hall–Kier alpha value is -3.59. The van der Waals surface area contributed by atoms with Gasteiger partial charge in [0.1, 0.15) is 12.4 Å². The maximum atomic E-state index is 13.5. The number of alkyl halides is 3. The number of benzene rings is 2. The summed E-state index contributed by atoms with van der Waals surface area (Å²) in [5.74, 6) is -0.302. The van der Waals surface area contributed by atoms with Crippen LogP contribution in [0.25, 0.3) is 11.1 Å². The fourth-order valence-electron chi connectivity index (χ4n) is 5.66. The SMILES string of the molecule is CCOC(=O)[C@@H](OC(C)(C)C)c1c(C)nc(C)c(-c2ccc(COc3cccc(C(F)(F)F)c3)cc2)c1N1CCC(C)(C)CC1. The monoisotopic (exact) mass is 626 g/mol. The number of aromatic nitrogens is 1. The molecule has 6 nitrogen and oxygen atoms in total. The Morgan fingerprint density at radius 1 is 1.00 bits per heavy atom. The van der Waals surface area contributed by atoms with Crippen molar-refractivity contribution >= 4 is 11.7 Å². The van der Waals surface area contributed by atoms with E-state index in [1.165, 1.54) is 12.1 Å². The maximum absolute atomic E-state index is 13.5. The number of aryl methyl sites for hydroxylation is 2. The topological polar surface area (TPSA) is 60.9 Å². The summed E-state index contributed by atoms with van der Waals surface area (Å²) in [5, 5.41) is 0. The molecule has 0 bridgehead atoms. The van der Waals surface area contributed by atoms with Gasteiger partial charge in [-0.3, -0.25) is 4.98 Å². The number of anilines is 1. The fraction of sp³-hybridized carbons (Fsp3) is 0.500. The van der Waals surface area contributed by atoms with Gasteiger partial charge in [0.15, 0.2) is 6.10 Å². The average molecular weight is 627 g/mol. The molecule has 1 saturated heterocycles. The number of hydrogen-bond acceptors (Lipinski definition) is 6. The van der Waals surface area contributed by atoms with Crippen LogP contribution in [-0.4, -0.2) is 36.3 Å². The van der Waals surface area contributed by atoms with Crippen molar-refractivity contribution in [2.75, 3.05) is 24.6 Å². The van der Waals surface area contributed by atoms with E-state index in [4.69, 9.17) is 19.2 Å². The molecule has 0 radical (unpaired) electrons. The molecule has 2 aromatic carbocycles. The average Bonchev–Trinajstić information content (AvgIpc) is 2.95. The number of ether oxygens (including phenoxy) is 3. The van der Waals surface area contributed by atoms with Crippen molar-refractivity contribution in [3.63, 3.8) is 0 Å². The van der Waals surface area contributed by atoms with Crippen molar-refractivity contribution in [1.82, 2.24) is 4.98 Å². The van der Waals surface area contributed by atoms with Crippen molar-refractivity contribution in [1.29, 1.82) is 0 Å². The smallest absolute Gasteiger partial charge is 0.416 e. The minimum Gasteiger partial charge on any atom is -0.489 e. The molecule has 1 fully saturated rings. The highest BCUT2D eigenvalue weighted by molar-refractivity contribution is 5.88. The third-order valence-electron chi connectivity index (χ3n) is 8.06. The summed E-state index contributed by atoms with van der Waals surface area (Å²) in [5.41, 5.74) is 4.61. The van der Waals surface area contributed by atoms with E-state index in [1.54, 1.807) is 6.92 Å². The molecule has 3 aromatic rings. The van der Waals surface area contributed by atoms with Gasteiger partial charge in [0, 0.05) is 35.6 Å². The number of carbonyl (C=O) groups excluding carboxylic acids is 1. The van der Waals surface area contributed by atoms with Crippen molar-refractivity contribution in [3.05, 3.63) is 76.6 Å². The van der Waals surface area contributed by atoms with Crippen LogP contribution in [0.2, 0.25) is 0 Å². The quantitative estimate of drug-likeness (QED) is 0.221. The fourth-order valence-corrected chi connectivity index (χ4v) is 5.66. The lowest BCUT2D eigenvalue weighted by molar-refractivity contribution is -0.166. The molecule has 1 atom stereocenters. The molecular formula is C36H45F3N2O4. The summed E-state index contributed by atoms with van der Waals surface area (Å²) >= 11 is 0. The Morgan fingerprint density at radius 3 is 2.22 bits per heavy atom. The Bertz CT molecular complexity index is 1480. The normalized spacial score (nSPS) is 15.9. The zero-order valence-electron chi connectivity index (χ0n) is 27.6. The molecule has 45 heavy (non-hydrogen) atoms. The van der Waals surface area contributed by atoms with E-state index in [2.05, 4.69) is 18.7 Å². The van der Waals surface area contributed by atoms with Gasteiger partial charge in [-0.2, -0.15) is 13.2 Å². The van der Waals surface area contributed by atoms with E-state index in [9.17, 15) is 18.0 Å². The van der Waals surface area contributed by atoms with Crippen LogP contribution in [0.1, 0.15) is 88.6 Å². The van der Waals surface area contributed by atoms with Gasteiger partial charge in [0.25, 0.3) is 0 Å². The van der Waals surface area contributed by atoms with Crippen LogP contribution in [0, 0.1) is 19.3 Å². The summed E-state index contributed by atoms with van der Waals surface area (Å²) < 4.78 is 57.1. The van der Waals surface area contributed by atoms with Gasteiger partial charge in [-0.1, -0.05) is 44.2 Å². The lowest BCUT2D eigenvalue weighted by Gasteiger charge is -2.41. The predicted octanol–water partition coefficient (Wildman–Crippen LogP) is 9.01. The van der Waals surface area contributed by atoms with Gasteiger partial charge in [-0.25, -0.2) is 4.79 Å². The van der Waals surface area contributed by atoms with E-state index in [0.29, 0.717) is 11.3 Å². The number of rotatable bonds is 9. The molecule has 0 spiro atoms. The molecule has 0 N–H and O–H groups in total. The van der Waals surface area contributed by atoms with Crippen LogP contribution in [0.5, 0.6) is 5.75 Å². The van der Waals surface area contributed by atoms with E-state index in [-0.39, 0.29) is 24.4 Å². The second-order valence-electron chi connectivity index (χ2n) is 13.4. The Labute approximate surface area is 264 Å². The van der Waals surface area contributed by atoms with E-state index in [0.717, 1.165) is 66.1 Å². The first-order valence-electron chi connectivity index (χ1n) is 15.5. The number of esters is 1. The standard InChI is InChI=1S/C36H45F3N2O4/c1-9-43-33(42)32(45-34(4,5)6)30-24(3)40-23(2)29(31(30)41-19-17-35(7,8)18-20-41)26-15-13-25(14-16-26)22-44-28-12-10-11-27(21-28)36(37,38)39/h10-16,21,32H,9,17-20,22H2,1-8H3/t32-/m0/s1. The molecular weight excluding hydrogens is 581 g/mol. The van der Waals surface area contributed by atoms with Gasteiger partial charge < -0.3 is 19.1 Å². The first kappa shape index (κ1) is 34.3. The highest BCUT2D eigenvalue weighted by Crippen LogP contribution is 2.45. The summed E-state index contributed by atoms with van der Waals surface area (Å²) in [6.45, 7) is 17.9. The first-order chi connectivity index (χ1) is 21.0. The van der Waals surface area contributed by atoms with Crippen LogP contribution in [0.3, 0.4) is 0 Å². The molecule has 1 aromatic heterocycles. The number of nitrogens with zero attached hydrogens (tertiary/aromatic N) is 2. The minimum atomic E-state index is -4.44. The Morgan fingerprint density at radius 2 is 1.64 bits per heavy atom. The van der Waals surface area contributed by atoms with Crippen molar-refractivity contribution in [2.24, 2.45) is 5.41 Å². The second-order valence-corrected chi connectivity index (χ2v) is 13.4. The lowest BCUT2D eigenvalue weighted by Crippen LogP contribution is -2.39. The molecule has 1 aliphatic heterocycles. The number of carbonyl (C=O) groups is 1. The van der Waals surface area contributed by atoms with Crippen LogP contribution in [-0.2, 0) is 27.1 Å². The Balaban J connectivity index is 1.77. The summed E-state index contributed by atoms with van der Waals surface area (Å²) in [7, 11) is 0. The third kappa shape index (κ3) is 8.57. The molecule has 0 amide bonds. The van der Waals surface area contributed by atoms with E-state index >= 15 is 0 Å². The van der Waals surface area contributed by atoms with Gasteiger partial charge in [0.05, 0.1) is 23.5 Å². The molecule has 244 valence electrons. The van der Waals surface area contributed by atoms with E-state index < -0.39 is 29.4 Å². The highest BCUT2D eigenvalue weighted by Gasteiger charge is 2.37. The van der Waals surface area contributed by atoms with Gasteiger partial charge in [-0.15, -0.1) is 0 Å². The number of piperidine rings is 1. The summed E-state index contributed by atoms with van der Waals surface area (Å²) in [6.07, 6.45) is -3.43. The summed E-state index contributed by atoms with van der Waals surface area (Å²) in [4.78, 5) is 20.8. The molecule has 0 saturated carbocycles. The number of hydrogen-bond donors (Lipinski definition) is 0. The summed E-state index contributed by atoms with van der Waals surface area (Å²) in [6, 6.07) is 12.6. The van der Waals surface area contributed by atoms with Crippen LogP contribution in [0.4, 0.5) is 18.9 Å². The molecule has 0 aliphatic carbocycles. The lowest BCUT2D eigenvalue weighted by atomic mass is 9.81. The number of pyridine rings is 1.